The van der Waals surface area contributed by atoms with E-state index >= 15 is 0 Å². The lowest BCUT2D eigenvalue weighted by Gasteiger charge is -2.23. The highest BCUT2D eigenvalue weighted by molar-refractivity contribution is 6.03. The van der Waals surface area contributed by atoms with Gasteiger partial charge in [-0.1, -0.05) is 18.2 Å². The fraction of sp³-hybridized carbons (Fsp3) is 0.222. The Morgan fingerprint density at radius 2 is 1.75 bits per heavy atom. The number of hydroxylamine groups is 1. The summed E-state index contributed by atoms with van der Waals surface area (Å²) in [5, 5.41) is 0. The van der Waals surface area contributed by atoms with Gasteiger partial charge in [0.25, 0.3) is 5.91 Å². The van der Waals surface area contributed by atoms with Crippen molar-refractivity contribution in [3.05, 3.63) is 54.6 Å². The molecule has 1 fully saturated rings. The molecule has 1 atom stereocenters. The molecule has 0 aliphatic carbocycles. The number of hydrogen-bond acceptors (Lipinski definition) is 4. The largest absolute Gasteiger partial charge is 0.457 e. The molecule has 2 aromatic rings. The van der Waals surface area contributed by atoms with Crippen molar-refractivity contribution < 1.29 is 19.2 Å². The number of benzene rings is 2. The van der Waals surface area contributed by atoms with Gasteiger partial charge in [0.1, 0.15) is 17.5 Å². The summed E-state index contributed by atoms with van der Waals surface area (Å²) < 4.78 is 5.73. The molecule has 0 aromatic heterocycles. The Bertz CT molecular complexity index is 716. The molecule has 0 spiro atoms. The van der Waals surface area contributed by atoms with Crippen molar-refractivity contribution in [2.24, 2.45) is 0 Å². The van der Waals surface area contributed by atoms with Gasteiger partial charge in [-0.2, -0.15) is 0 Å². The second-order valence-electron chi connectivity index (χ2n) is 5.40. The third-order valence-electron chi connectivity index (χ3n) is 3.81. The number of para-hydroxylation sites is 1. The summed E-state index contributed by atoms with van der Waals surface area (Å²) in [6, 6.07) is 16.0. The van der Waals surface area contributed by atoms with Gasteiger partial charge >= 0.3 is 0 Å². The lowest BCUT2D eigenvalue weighted by atomic mass is 10.2. The van der Waals surface area contributed by atoms with Gasteiger partial charge in [-0.25, -0.2) is 5.48 Å². The number of carbonyl (C=O) groups is 2. The molecule has 1 heterocycles. The van der Waals surface area contributed by atoms with Crippen molar-refractivity contribution in [1.29, 1.82) is 0 Å². The molecule has 1 saturated heterocycles. The summed E-state index contributed by atoms with van der Waals surface area (Å²) >= 11 is 0. The Kier molecular flexibility index (Phi) is 4.77. The molecular formula is C18H18N2O4. The standard InChI is InChI=1S/C18H18N2O4/c1-23-19-18(22)16-11-12-17(21)20(16)13-7-9-15(10-8-13)24-14-5-3-2-4-6-14/h2-10,16H,11-12H2,1H3,(H,19,22). The van der Waals surface area contributed by atoms with E-state index in [1.807, 2.05) is 30.3 Å². The molecule has 1 N–H and O–H groups in total. The quantitative estimate of drug-likeness (QED) is 0.858. The molecule has 3 rings (SSSR count). The van der Waals surface area contributed by atoms with Crippen LogP contribution in [0.5, 0.6) is 11.5 Å². The normalized spacial score (nSPS) is 17.0. The average molecular weight is 326 g/mol. The summed E-state index contributed by atoms with van der Waals surface area (Å²) in [6.07, 6.45) is 0.806. The Balaban J connectivity index is 1.76. The van der Waals surface area contributed by atoms with Gasteiger partial charge in [-0.15, -0.1) is 0 Å². The van der Waals surface area contributed by atoms with Crippen molar-refractivity contribution in [3.63, 3.8) is 0 Å². The van der Waals surface area contributed by atoms with E-state index in [9.17, 15) is 9.59 Å². The first kappa shape index (κ1) is 16.0. The Morgan fingerprint density at radius 1 is 1.08 bits per heavy atom. The molecular weight excluding hydrogens is 308 g/mol. The molecule has 0 radical (unpaired) electrons. The first-order valence-electron chi connectivity index (χ1n) is 7.67. The van der Waals surface area contributed by atoms with Crippen LogP contribution in [0.4, 0.5) is 5.69 Å². The van der Waals surface area contributed by atoms with Crippen LogP contribution >= 0.6 is 0 Å². The summed E-state index contributed by atoms with van der Waals surface area (Å²) in [7, 11) is 1.37. The SMILES string of the molecule is CONC(=O)C1CCC(=O)N1c1ccc(Oc2ccccc2)cc1. The topological polar surface area (TPSA) is 67.9 Å². The lowest BCUT2D eigenvalue weighted by Crippen LogP contribution is -2.44. The fourth-order valence-corrected chi connectivity index (χ4v) is 2.72. The predicted molar refractivity (Wildman–Crippen MR) is 88.6 cm³/mol. The number of amides is 2. The van der Waals surface area contributed by atoms with Crippen LogP contribution in [0.2, 0.25) is 0 Å². The van der Waals surface area contributed by atoms with Gasteiger partial charge in [-0.05, 0) is 42.8 Å². The zero-order chi connectivity index (χ0) is 16.9. The second-order valence-corrected chi connectivity index (χ2v) is 5.40. The van der Waals surface area contributed by atoms with Crippen LogP contribution in [0.25, 0.3) is 0 Å². The van der Waals surface area contributed by atoms with E-state index in [0.717, 1.165) is 5.75 Å². The van der Waals surface area contributed by atoms with Gasteiger partial charge in [0.15, 0.2) is 0 Å². The summed E-state index contributed by atoms with van der Waals surface area (Å²) in [5.74, 6) is 0.991. The Morgan fingerprint density at radius 3 is 2.42 bits per heavy atom. The monoisotopic (exact) mass is 326 g/mol. The van der Waals surface area contributed by atoms with Crippen LogP contribution < -0.4 is 15.1 Å². The number of nitrogens with one attached hydrogen (secondary N) is 1. The van der Waals surface area contributed by atoms with Gasteiger partial charge < -0.3 is 4.74 Å². The number of anilines is 1. The summed E-state index contributed by atoms with van der Waals surface area (Å²) in [4.78, 5) is 30.3. The first-order chi connectivity index (χ1) is 11.7. The van der Waals surface area contributed by atoms with E-state index in [4.69, 9.17) is 4.74 Å². The first-order valence-corrected chi connectivity index (χ1v) is 7.67. The van der Waals surface area contributed by atoms with Crippen molar-refractivity contribution in [3.8, 4) is 11.5 Å². The minimum absolute atomic E-state index is 0.0806. The van der Waals surface area contributed by atoms with Crippen molar-refractivity contribution in [1.82, 2.24) is 5.48 Å². The number of carbonyl (C=O) groups excluding carboxylic acids is 2. The van der Waals surface area contributed by atoms with Crippen molar-refractivity contribution in [2.45, 2.75) is 18.9 Å². The highest BCUT2D eigenvalue weighted by Gasteiger charge is 2.37. The maximum absolute atomic E-state index is 12.1. The van der Waals surface area contributed by atoms with Gasteiger partial charge in [0.2, 0.25) is 5.91 Å². The molecule has 24 heavy (non-hydrogen) atoms. The predicted octanol–water partition coefficient (Wildman–Crippen LogP) is 2.65. The summed E-state index contributed by atoms with van der Waals surface area (Å²) in [6.45, 7) is 0. The zero-order valence-corrected chi connectivity index (χ0v) is 13.3. The number of nitrogens with zero attached hydrogens (tertiary/aromatic N) is 1. The van der Waals surface area contributed by atoms with E-state index in [1.165, 1.54) is 12.0 Å². The zero-order valence-electron chi connectivity index (χ0n) is 13.3. The van der Waals surface area contributed by atoms with Crippen LogP contribution in [0, 0.1) is 0 Å². The van der Waals surface area contributed by atoms with Crippen LogP contribution in [-0.4, -0.2) is 25.0 Å². The maximum atomic E-state index is 12.1. The van der Waals surface area contributed by atoms with Gasteiger partial charge in [0, 0.05) is 12.1 Å². The van der Waals surface area contributed by atoms with Crippen LogP contribution in [-0.2, 0) is 14.4 Å². The smallest absolute Gasteiger partial charge is 0.266 e. The number of ether oxygens (including phenoxy) is 1. The molecule has 2 aromatic carbocycles. The van der Waals surface area contributed by atoms with E-state index in [1.54, 1.807) is 24.3 Å². The third-order valence-corrected chi connectivity index (χ3v) is 3.81. The molecule has 124 valence electrons. The third kappa shape index (κ3) is 3.38. The molecule has 0 bridgehead atoms. The van der Waals surface area contributed by atoms with Crippen LogP contribution in [0.15, 0.2) is 54.6 Å². The molecule has 0 saturated carbocycles. The molecule has 1 unspecified atom stereocenters. The maximum Gasteiger partial charge on any atom is 0.266 e. The Labute approximate surface area is 139 Å². The molecule has 6 heteroatoms. The van der Waals surface area contributed by atoms with E-state index in [2.05, 4.69) is 10.3 Å². The van der Waals surface area contributed by atoms with Crippen molar-refractivity contribution in [2.75, 3.05) is 12.0 Å². The lowest BCUT2D eigenvalue weighted by molar-refractivity contribution is -0.133. The number of hydrogen-bond donors (Lipinski definition) is 1. The Hall–Kier alpha value is -2.86. The highest BCUT2D eigenvalue weighted by atomic mass is 16.6. The van der Waals surface area contributed by atoms with Crippen molar-refractivity contribution >= 4 is 17.5 Å². The molecule has 1 aliphatic rings. The molecule has 1 aliphatic heterocycles. The molecule has 6 nitrogen and oxygen atoms in total. The highest BCUT2D eigenvalue weighted by Crippen LogP contribution is 2.29. The fourth-order valence-electron chi connectivity index (χ4n) is 2.72. The van der Waals surface area contributed by atoms with Gasteiger partial charge in [0.05, 0.1) is 7.11 Å². The molecule has 2 amide bonds. The van der Waals surface area contributed by atoms with Crippen LogP contribution in [0.1, 0.15) is 12.8 Å². The van der Waals surface area contributed by atoms with E-state index in [-0.39, 0.29) is 11.8 Å². The van der Waals surface area contributed by atoms with E-state index < -0.39 is 6.04 Å². The van der Waals surface area contributed by atoms with Crippen LogP contribution in [0.3, 0.4) is 0 Å². The average Bonchev–Trinajstić information content (AvgIpc) is 2.98. The second kappa shape index (κ2) is 7.14. The minimum Gasteiger partial charge on any atom is -0.457 e. The summed E-state index contributed by atoms with van der Waals surface area (Å²) in [5.41, 5.74) is 2.96. The minimum atomic E-state index is -0.557. The van der Waals surface area contributed by atoms with Gasteiger partial charge in [-0.3, -0.25) is 19.3 Å². The van der Waals surface area contributed by atoms with E-state index in [0.29, 0.717) is 24.3 Å². The number of rotatable bonds is 5.